The van der Waals surface area contributed by atoms with Gasteiger partial charge in [0, 0.05) is 23.3 Å². The third-order valence-electron chi connectivity index (χ3n) is 8.16. The van der Waals surface area contributed by atoms with E-state index in [0.717, 1.165) is 50.5 Å². The highest BCUT2D eigenvalue weighted by atomic mass is 32.2. The van der Waals surface area contributed by atoms with Crippen molar-refractivity contribution in [3.63, 3.8) is 0 Å². The molecule has 0 saturated carbocycles. The third kappa shape index (κ3) is 8.41. The normalized spacial score (nSPS) is 11.6. The molecule has 4 heterocycles. The second-order valence-corrected chi connectivity index (χ2v) is 13.5. The van der Waals surface area contributed by atoms with Gasteiger partial charge in [-0.25, -0.2) is 17.9 Å². The Morgan fingerprint density at radius 2 is 1.12 bits per heavy atom. The smallest absolute Gasteiger partial charge is 0.282 e. The lowest BCUT2D eigenvalue weighted by Crippen LogP contribution is -2.29. The van der Waals surface area contributed by atoms with Gasteiger partial charge in [-0.1, -0.05) is 54.1 Å². The van der Waals surface area contributed by atoms with Crippen LogP contribution >= 0.6 is 12.2 Å². The first-order valence-electron chi connectivity index (χ1n) is 15.9. The zero-order valence-corrected chi connectivity index (χ0v) is 29.8. The molecule has 11 nitrogen and oxygen atoms in total. The average molecular weight is 717 g/mol. The van der Waals surface area contributed by atoms with Crippen molar-refractivity contribution in [2.75, 3.05) is 0 Å². The van der Waals surface area contributed by atoms with Crippen molar-refractivity contribution in [3.8, 4) is 22.5 Å². The Morgan fingerprint density at radius 1 is 0.686 bits per heavy atom. The lowest BCUT2D eigenvalue weighted by atomic mass is 10.1. The molecule has 13 heteroatoms. The van der Waals surface area contributed by atoms with Crippen LogP contribution in [0.1, 0.15) is 16.7 Å². The molecule has 0 bridgehead atoms. The number of thiocarbonyl (C=S) groups is 1. The van der Waals surface area contributed by atoms with E-state index in [0.29, 0.717) is 5.11 Å². The Labute approximate surface area is 301 Å². The standard InChI is InChI=1S/C31H27N8S.C7H8O3S/c1-36-27(21-38-17-5-3-7-29(36)38)25-13-9-23(10-14-25)19-32-34-31(40)35-33-20-24-11-15-26(16-12-24)28-22-39-18-6-4-8-30(39)37(28)2;1-6-2-4-7(5-3-6)11(8,9)10/h3-22H,1-2H3,(H-,34,35,40);2-5H,1H3,(H,8,9,10)/q+1;/p+1/b32-19+,33-20+;. The number of aryl methyl sites for hydroxylation is 3. The molecule has 0 aliphatic rings. The molecule has 0 amide bonds. The molecule has 0 unspecified atom stereocenters. The van der Waals surface area contributed by atoms with Crippen LogP contribution in [0, 0.1) is 6.92 Å². The molecule has 0 spiro atoms. The lowest BCUT2D eigenvalue weighted by molar-refractivity contribution is -0.633. The van der Waals surface area contributed by atoms with Crippen molar-refractivity contribution < 1.29 is 22.1 Å². The largest absolute Gasteiger partial charge is 0.294 e. The van der Waals surface area contributed by atoms with Gasteiger partial charge in [-0.15, -0.1) is 0 Å². The van der Waals surface area contributed by atoms with Crippen LogP contribution in [0.5, 0.6) is 0 Å². The van der Waals surface area contributed by atoms with Gasteiger partial charge >= 0.3 is 0 Å². The van der Waals surface area contributed by atoms with Crippen LogP contribution in [-0.4, -0.2) is 39.3 Å². The molecular weight excluding hydrogens is 681 g/mol. The van der Waals surface area contributed by atoms with E-state index in [9.17, 15) is 8.42 Å². The van der Waals surface area contributed by atoms with E-state index < -0.39 is 10.1 Å². The fraction of sp³-hybridized carbons (Fsp3) is 0.0789. The summed E-state index contributed by atoms with van der Waals surface area (Å²) < 4.78 is 38.1. The summed E-state index contributed by atoms with van der Waals surface area (Å²) in [5, 5.41) is 8.76. The molecule has 0 saturated heterocycles. The Bertz CT molecular complexity index is 2350. The van der Waals surface area contributed by atoms with Crippen LogP contribution in [0.2, 0.25) is 0 Å². The molecule has 51 heavy (non-hydrogen) atoms. The van der Waals surface area contributed by atoms with Crippen LogP contribution < -0.4 is 20.0 Å². The predicted octanol–water partition coefficient (Wildman–Crippen LogP) is 5.25. The number of nitrogens with zero attached hydrogens (tertiary/aromatic N) is 6. The predicted molar refractivity (Wildman–Crippen MR) is 203 cm³/mol. The number of hydrogen-bond donors (Lipinski definition) is 3. The second-order valence-electron chi connectivity index (χ2n) is 11.7. The third-order valence-corrected chi connectivity index (χ3v) is 9.21. The number of rotatable bonds is 7. The molecule has 0 fully saturated rings. The van der Waals surface area contributed by atoms with Crippen molar-refractivity contribution >= 4 is 51.2 Å². The summed E-state index contributed by atoms with van der Waals surface area (Å²) in [5.74, 6) is 0. The molecular formula is C38H36N8O3S2+2. The minimum Gasteiger partial charge on any atom is -0.282 e. The molecule has 0 atom stereocenters. The van der Waals surface area contributed by atoms with Gasteiger partial charge in [0.05, 0.1) is 43.8 Å². The Kier molecular flexibility index (Phi) is 10.4. The average Bonchev–Trinajstić information content (AvgIpc) is 3.65. The maximum atomic E-state index is 10.5. The minimum absolute atomic E-state index is 0.0666. The number of imidazole rings is 2. The summed E-state index contributed by atoms with van der Waals surface area (Å²) >= 11 is 5.29. The molecule has 4 aromatic heterocycles. The molecule has 3 N–H and O–H groups in total. The van der Waals surface area contributed by atoms with Crippen molar-refractivity contribution in [3.05, 3.63) is 151 Å². The van der Waals surface area contributed by atoms with Gasteiger partial charge in [-0.05, 0) is 78.8 Å². The highest BCUT2D eigenvalue weighted by Gasteiger charge is 2.16. The molecule has 7 rings (SSSR count). The first-order valence-corrected chi connectivity index (χ1v) is 17.7. The summed E-state index contributed by atoms with van der Waals surface area (Å²) in [7, 11) is 0.121. The van der Waals surface area contributed by atoms with Gasteiger partial charge in [0.1, 0.15) is 12.4 Å². The van der Waals surface area contributed by atoms with E-state index in [1.165, 1.54) is 12.1 Å². The van der Waals surface area contributed by atoms with E-state index in [4.69, 9.17) is 16.8 Å². The summed E-state index contributed by atoms with van der Waals surface area (Å²) in [4.78, 5) is -0.0666. The summed E-state index contributed by atoms with van der Waals surface area (Å²) in [6.07, 6.45) is 11.8. The topological polar surface area (TPSA) is 120 Å². The van der Waals surface area contributed by atoms with E-state index in [-0.39, 0.29) is 4.90 Å². The molecule has 7 aromatic rings. The summed E-state index contributed by atoms with van der Waals surface area (Å²) in [5.41, 5.74) is 15.3. The number of pyridine rings is 2. The van der Waals surface area contributed by atoms with E-state index >= 15 is 0 Å². The van der Waals surface area contributed by atoms with E-state index in [1.54, 1.807) is 24.6 Å². The summed E-state index contributed by atoms with van der Waals surface area (Å²) in [6.45, 7) is 1.84. The van der Waals surface area contributed by atoms with Crippen LogP contribution in [0.25, 0.3) is 33.8 Å². The SMILES string of the molecule is C[n+]1c(-c2ccc(/C=N/NC(=S)N/N=C/c3ccc(-c4cn5ccccc5[n+]4C)cc3)cc2)cn2ccccc21.Cc1ccc(S(=O)(=O)O)cc1. The molecule has 0 aliphatic carbocycles. The lowest BCUT2D eigenvalue weighted by Gasteiger charge is -2.02. The number of aromatic nitrogens is 4. The molecule has 0 radical (unpaired) electrons. The monoisotopic (exact) mass is 716 g/mol. The van der Waals surface area contributed by atoms with Gasteiger partial charge in [-0.3, -0.25) is 15.4 Å². The van der Waals surface area contributed by atoms with Crippen LogP contribution in [0.4, 0.5) is 0 Å². The highest BCUT2D eigenvalue weighted by molar-refractivity contribution is 7.85. The number of hydrogen-bond acceptors (Lipinski definition) is 5. The van der Waals surface area contributed by atoms with Gasteiger partial charge in [0.15, 0.2) is 11.4 Å². The van der Waals surface area contributed by atoms with Gasteiger partial charge in [-0.2, -0.15) is 18.6 Å². The zero-order chi connectivity index (χ0) is 36.0. The van der Waals surface area contributed by atoms with E-state index in [1.807, 2.05) is 55.5 Å². The number of fused-ring (bicyclic) bond motifs is 2. The minimum atomic E-state index is -4.02. The van der Waals surface area contributed by atoms with E-state index in [2.05, 4.69) is 114 Å². The van der Waals surface area contributed by atoms with Crippen molar-refractivity contribution in [2.24, 2.45) is 24.3 Å². The molecule has 3 aromatic carbocycles. The fourth-order valence-electron chi connectivity index (χ4n) is 5.45. The van der Waals surface area contributed by atoms with Crippen LogP contribution in [-0.2, 0) is 24.2 Å². The Hall–Kier alpha value is -6.02. The second kappa shape index (κ2) is 15.3. The van der Waals surface area contributed by atoms with Crippen molar-refractivity contribution in [1.82, 2.24) is 19.7 Å². The van der Waals surface area contributed by atoms with Crippen molar-refractivity contribution in [2.45, 2.75) is 11.8 Å². The first-order chi connectivity index (χ1) is 24.6. The highest BCUT2D eigenvalue weighted by Crippen LogP contribution is 2.19. The van der Waals surface area contributed by atoms with Crippen LogP contribution in [0.15, 0.2) is 149 Å². The Morgan fingerprint density at radius 3 is 1.51 bits per heavy atom. The van der Waals surface area contributed by atoms with Crippen LogP contribution in [0.3, 0.4) is 0 Å². The number of benzene rings is 3. The zero-order valence-electron chi connectivity index (χ0n) is 28.1. The van der Waals surface area contributed by atoms with Gasteiger partial charge < -0.3 is 0 Å². The van der Waals surface area contributed by atoms with Crippen molar-refractivity contribution in [1.29, 1.82) is 0 Å². The molecule has 256 valence electrons. The molecule has 0 aliphatic heterocycles. The van der Waals surface area contributed by atoms with Gasteiger partial charge in [0.2, 0.25) is 5.11 Å². The Balaban J connectivity index is 0.000000349. The number of hydrazone groups is 2. The fourth-order valence-corrected chi connectivity index (χ4v) is 6.03. The van der Waals surface area contributed by atoms with Gasteiger partial charge in [0.25, 0.3) is 21.4 Å². The maximum absolute atomic E-state index is 10.5. The quantitative estimate of drug-likeness (QED) is 0.0682. The summed E-state index contributed by atoms with van der Waals surface area (Å²) in [6, 6.07) is 34.8. The number of nitrogens with one attached hydrogen (secondary N) is 2. The maximum Gasteiger partial charge on any atom is 0.294 e. The first kappa shape index (κ1) is 34.8.